The molecule has 0 radical (unpaired) electrons. The Balaban J connectivity index is 1.55. The second-order valence-electron chi connectivity index (χ2n) is 5.96. The van der Waals surface area contributed by atoms with Gasteiger partial charge in [-0.1, -0.05) is 18.2 Å². The first kappa shape index (κ1) is 15.8. The fourth-order valence-corrected chi connectivity index (χ4v) is 3.14. The van der Waals surface area contributed by atoms with E-state index in [1.165, 1.54) is 7.11 Å². The first-order chi connectivity index (χ1) is 11.2. The molecule has 2 amide bonds. The number of rotatable bonds is 3. The smallest absolute Gasteiger partial charge is 0.248 e. The third-order valence-corrected chi connectivity index (χ3v) is 4.44. The molecule has 2 heterocycles. The highest BCUT2D eigenvalue weighted by Crippen LogP contribution is 2.27. The molecule has 1 saturated heterocycles. The summed E-state index contributed by atoms with van der Waals surface area (Å²) < 4.78 is 10.6. The molecule has 1 atom stereocenters. The SMILES string of the molecule is COCC(=O)N1CCN(C(=O)C2COc3ccccc3C2)CC1. The fraction of sp³-hybridized carbons (Fsp3) is 0.529. The highest BCUT2D eigenvalue weighted by molar-refractivity contribution is 5.81. The second kappa shape index (κ2) is 7.00. The maximum atomic E-state index is 12.7. The van der Waals surface area contributed by atoms with E-state index in [1.54, 1.807) is 4.90 Å². The standard InChI is InChI=1S/C17H22N2O4/c1-22-12-16(20)18-6-8-19(9-7-18)17(21)14-10-13-4-2-3-5-15(13)23-11-14/h2-5,14H,6-12H2,1H3. The topological polar surface area (TPSA) is 59.1 Å². The van der Waals surface area contributed by atoms with Gasteiger partial charge in [0.15, 0.2) is 0 Å². The molecular formula is C17H22N2O4. The third-order valence-electron chi connectivity index (χ3n) is 4.44. The fourth-order valence-electron chi connectivity index (χ4n) is 3.14. The van der Waals surface area contributed by atoms with E-state index < -0.39 is 0 Å². The summed E-state index contributed by atoms with van der Waals surface area (Å²) in [5, 5.41) is 0. The molecule has 2 aliphatic rings. The van der Waals surface area contributed by atoms with E-state index in [1.807, 2.05) is 29.2 Å². The molecule has 1 aromatic carbocycles. The van der Waals surface area contributed by atoms with Crippen molar-refractivity contribution < 1.29 is 19.1 Å². The Morgan fingerprint density at radius 1 is 1.17 bits per heavy atom. The molecule has 0 aliphatic carbocycles. The Bertz CT molecular complexity index is 582. The van der Waals surface area contributed by atoms with E-state index in [9.17, 15) is 9.59 Å². The lowest BCUT2D eigenvalue weighted by molar-refractivity contribution is -0.144. The van der Waals surface area contributed by atoms with Crippen molar-refractivity contribution in [3.8, 4) is 5.75 Å². The first-order valence-electron chi connectivity index (χ1n) is 7.95. The van der Waals surface area contributed by atoms with E-state index in [2.05, 4.69) is 0 Å². The molecule has 23 heavy (non-hydrogen) atoms. The number of piperazine rings is 1. The van der Waals surface area contributed by atoms with Crippen LogP contribution in [0.2, 0.25) is 0 Å². The number of nitrogens with zero attached hydrogens (tertiary/aromatic N) is 2. The van der Waals surface area contributed by atoms with Gasteiger partial charge < -0.3 is 19.3 Å². The van der Waals surface area contributed by atoms with Gasteiger partial charge in [0, 0.05) is 33.3 Å². The van der Waals surface area contributed by atoms with Crippen LogP contribution in [0.4, 0.5) is 0 Å². The van der Waals surface area contributed by atoms with Gasteiger partial charge in [0.1, 0.15) is 19.0 Å². The van der Waals surface area contributed by atoms with E-state index in [0.717, 1.165) is 17.7 Å². The lowest BCUT2D eigenvalue weighted by Gasteiger charge is -2.37. The number of hydrogen-bond acceptors (Lipinski definition) is 4. The number of para-hydroxylation sites is 1. The van der Waals surface area contributed by atoms with Crippen molar-refractivity contribution in [2.24, 2.45) is 5.92 Å². The number of hydrogen-bond donors (Lipinski definition) is 0. The summed E-state index contributed by atoms with van der Waals surface area (Å²) in [6.07, 6.45) is 0.720. The zero-order chi connectivity index (χ0) is 16.2. The molecule has 2 aliphatic heterocycles. The molecule has 124 valence electrons. The predicted molar refractivity (Wildman–Crippen MR) is 84.2 cm³/mol. The number of fused-ring (bicyclic) bond motifs is 1. The first-order valence-corrected chi connectivity index (χ1v) is 7.95. The molecular weight excluding hydrogens is 296 g/mol. The van der Waals surface area contributed by atoms with Crippen LogP contribution in [0.25, 0.3) is 0 Å². The molecule has 0 bridgehead atoms. The summed E-state index contributed by atoms with van der Waals surface area (Å²) in [5.74, 6) is 0.852. The van der Waals surface area contributed by atoms with Crippen LogP contribution in [-0.4, -0.2) is 68.1 Å². The Kier molecular flexibility index (Phi) is 4.81. The Morgan fingerprint density at radius 2 is 1.87 bits per heavy atom. The molecule has 0 spiro atoms. The summed E-state index contributed by atoms with van der Waals surface area (Å²) in [6.45, 7) is 2.81. The lowest BCUT2D eigenvalue weighted by atomic mass is 9.95. The number of amides is 2. The summed E-state index contributed by atoms with van der Waals surface area (Å²) in [4.78, 5) is 28.1. The van der Waals surface area contributed by atoms with Gasteiger partial charge in [-0.15, -0.1) is 0 Å². The summed E-state index contributed by atoms with van der Waals surface area (Å²) in [5.41, 5.74) is 1.09. The van der Waals surface area contributed by atoms with Gasteiger partial charge >= 0.3 is 0 Å². The van der Waals surface area contributed by atoms with Gasteiger partial charge in [0.2, 0.25) is 11.8 Å². The zero-order valence-corrected chi connectivity index (χ0v) is 13.4. The van der Waals surface area contributed by atoms with Gasteiger partial charge in [-0.25, -0.2) is 0 Å². The highest BCUT2D eigenvalue weighted by atomic mass is 16.5. The molecule has 6 nitrogen and oxygen atoms in total. The quantitative estimate of drug-likeness (QED) is 0.817. The second-order valence-corrected chi connectivity index (χ2v) is 5.96. The monoisotopic (exact) mass is 318 g/mol. The summed E-state index contributed by atoms with van der Waals surface area (Å²) in [7, 11) is 1.51. The van der Waals surface area contributed by atoms with Crippen LogP contribution in [-0.2, 0) is 20.7 Å². The minimum atomic E-state index is -0.133. The van der Waals surface area contributed by atoms with Crippen molar-refractivity contribution in [2.75, 3.05) is 46.5 Å². The average Bonchev–Trinajstić information content (AvgIpc) is 2.61. The molecule has 6 heteroatoms. The number of methoxy groups -OCH3 is 1. The summed E-state index contributed by atoms with van der Waals surface area (Å²) in [6, 6.07) is 7.86. The zero-order valence-electron chi connectivity index (χ0n) is 13.4. The van der Waals surface area contributed by atoms with Crippen molar-refractivity contribution >= 4 is 11.8 Å². The predicted octanol–water partition coefficient (Wildman–Crippen LogP) is 0.555. The maximum absolute atomic E-state index is 12.7. The summed E-state index contributed by atoms with van der Waals surface area (Å²) >= 11 is 0. The minimum absolute atomic E-state index is 0.0190. The molecule has 0 aromatic heterocycles. The van der Waals surface area contributed by atoms with Crippen LogP contribution in [0.15, 0.2) is 24.3 Å². The van der Waals surface area contributed by atoms with Crippen LogP contribution in [0, 0.1) is 5.92 Å². The van der Waals surface area contributed by atoms with Crippen molar-refractivity contribution in [3.05, 3.63) is 29.8 Å². The van der Waals surface area contributed by atoms with Crippen molar-refractivity contribution in [1.82, 2.24) is 9.80 Å². The highest BCUT2D eigenvalue weighted by Gasteiger charge is 2.31. The normalized spacial score (nSPS) is 20.7. The largest absolute Gasteiger partial charge is 0.492 e. The Hall–Kier alpha value is -2.08. The van der Waals surface area contributed by atoms with Gasteiger partial charge in [0.05, 0.1) is 5.92 Å². The molecule has 0 N–H and O–H groups in total. The molecule has 0 saturated carbocycles. The van der Waals surface area contributed by atoms with Gasteiger partial charge in [0.25, 0.3) is 0 Å². The Labute approximate surface area is 136 Å². The number of carbonyl (C=O) groups is 2. The van der Waals surface area contributed by atoms with Crippen LogP contribution < -0.4 is 4.74 Å². The van der Waals surface area contributed by atoms with Crippen molar-refractivity contribution in [2.45, 2.75) is 6.42 Å². The van der Waals surface area contributed by atoms with Crippen molar-refractivity contribution in [1.29, 1.82) is 0 Å². The maximum Gasteiger partial charge on any atom is 0.248 e. The van der Waals surface area contributed by atoms with Gasteiger partial charge in [-0.2, -0.15) is 0 Å². The molecule has 1 fully saturated rings. The average molecular weight is 318 g/mol. The van der Waals surface area contributed by atoms with E-state index in [0.29, 0.717) is 32.8 Å². The van der Waals surface area contributed by atoms with Crippen LogP contribution in [0.3, 0.4) is 0 Å². The third kappa shape index (κ3) is 3.47. The molecule has 1 unspecified atom stereocenters. The lowest BCUT2D eigenvalue weighted by Crippen LogP contribution is -2.53. The van der Waals surface area contributed by atoms with Gasteiger partial charge in [-0.3, -0.25) is 9.59 Å². The molecule has 3 rings (SSSR count). The minimum Gasteiger partial charge on any atom is -0.492 e. The molecule has 1 aromatic rings. The van der Waals surface area contributed by atoms with E-state index in [4.69, 9.17) is 9.47 Å². The van der Waals surface area contributed by atoms with Gasteiger partial charge in [-0.05, 0) is 18.1 Å². The Morgan fingerprint density at radius 3 is 2.61 bits per heavy atom. The van der Waals surface area contributed by atoms with Crippen LogP contribution in [0.5, 0.6) is 5.75 Å². The van der Waals surface area contributed by atoms with E-state index in [-0.39, 0.29) is 24.3 Å². The number of ether oxygens (including phenoxy) is 2. The van der Waals surface area contributed by atoms with Crippen LogP contribution in [0.1, 0.15) is 5.56 Å². The van der Waals surface area contributed by atoms with E-state index >= 15 is 0 Å². The number of carbonyl (C=O) groups excluding carboxylic acids is 2. The van der Waals surface area contributed by atoms with Crippen molar-refractivity contribution in [3.63, 3.8) is 0 Å². The number of benzene rings is 1. The van der Waals surface area contributed by atoms with Crippen LogP contribution >= 0.6 is 0 Å².